The minimum atomic E-state index is -0.181. The van der Waals surface area contributed by atoms with Gasteiger partial charge in [-0.3, -0.25) is 4.79 Å². The zero-order valence-corrected chi connectivity index (χ0v) is 14.5. The van der Waals surface area contributed by atoms with Crippen LogP contribution in [-0.2, 0) is 11.3 Å². The smallest absolute Gasteiger partial charge is 0.252 e. The van der Waals surface area contributed by atoms with Crippen molar-refractivity contribution in [1.29, 1.82) is 0 Å². The van der Waals surface area contributed by atoms with Crippen molar-refractivity contribution in [3.8, 4) is 5.88 Å². The number of pyridine rings is 1. The van der Waals surface area contributed by atoms with Crippen molar-refractivity contribution in [2.24, 2.45) is 0 Å². The lowest BCUT2D eigenvalue weighted by molar-refractivity contribution is -0.0168. The van der Waals surface area contributed by atoms with Crippen LogP contribution in [-0.4, -0.2) is 40.8 Å². The molecule has 2 aromatic heterocycles. The molecule has 24 heavy (non-hydrogen) atoms. The molecule has 2 heterocycles. The molecule has 0 aliphatic rings. The zero-order chi connectivity index (χ0) is 17.4. The van der Waals surface area contributed by atoms with Crippen molar-refractivity contribution < 1.29 is 14.3 Å². The highest BCUT2D eigenvalue weighted by Crippen LogP contribution is 2.09. The Morgan fingerprint density at radius 3 is 2.58 bits per heavy atom. The molecule has 2 rings (SSSR count). The van der Waals surface area contributed by atoms with E-state index in [4.69, 9.17) is 9.47 Å². The molecule has 0 aliphatic heterocycles. The molecule has 6 nitrogen and oxygen atoms in total. The molecular weight excluding hydrogens is 306 g/mol. The van der Waals surface area contributed by atoms with E-state index in [1.54, 1.807) is 12.1 Å². The summed E-state index contributed by atoms with van der Waals surface area (Å²) in [5.74, 6) is 0.341. The average molecular weight is 331 g/mol. The predicted molar refractivity (Wildman–Crippen MR) is 92.2 cm³/mol. The van der Waals surface area contributed by atoms with E-state index in [0.717, 1.165) is 6.54 Å². The van der Waals surface area contributed by atoms with Crippen molar-refractivity contribution in [2.45, 2.75) is 32.9 Å². The summed E-state index contributed by atoms with van der Waals surface area (Å²) in [6.07, 6.45) is 5.44. The summed E-state index contributed by atoms with van der Waals surface area (Å²) in [6.45, 7) is 8.20. The maximum atomic E-state index is 12.0. The van der Waals surface area contributed by atoms with E-state index in [2.05, 4.69) is 10.3 Å². The molecule has 1 amide bonds. The van der Waals surface area contributed by atoms with Crippen LogP contribution in [0.15, 0.2) is 42.9 Å². The molecule has 0 unspecified atom stereocenters. The molecule has 0 aliphatic carbocycles. The Labute approximate surface area is 142 Å². The van der Waals surface area contributed by atoms with Crippen LogP contribution >= 0.6 is 0 Å². The number of carbonyl (C=O) groups excluding carboxylic acids is 1. The van der Waals surface area contributed by atoms with Crippen LogP contribution in [0.5, 0.6) is 5.88 Å². The Bertz CT molecular complexity index is 616. The normalized spacial score (nSPS) is 11.3. The zero-order valence-electron chi connectivity index (χ0n) is 14.5. The Balaban J connectivity index is 1.71. The maximum Gasteiger partial charge on any atom is 0.252 e. The van der Waals surface area contributed by atoms with Crippen molar-refractivity contribution >= 4 is 5.91 Å². The summed E-state index contributed by atoms with van der Waals surface area (Å²) in [7, 11) is 0. The van der Waals surface area contributed by atoms with Crippen LogP contribution in [0.3, 0.4) is 0 Å². The van der Waals surface area contributed by atoms with Gasteiger partial charge in [0.2, 0.25) is 5.88 Å². The highest BCUT2D eigenvalue weighted by Gasteiger charge is 2.10. The van der Waals surface area contributed by atoms with Crippen molar-refractivity contribution in [2.75, 3.05) is 19.8 Å². The van der Waals surface area contributed by atoms with Crippen molar-refractivity contribution in [3.63, 3.8) is 0 Å². The van der Waals surface area contributed by atoms with Gasteiger partial charge in [-0.05, 0) is 39.0 Å². The van der Waals surface area contributed by atoms with E-state index in [1.165, 1.54) is 6.20 Å². The third kappa shape index (κ3) is 6.42. The van der Waals surface area contributed by atoms with Crippen LogP contribution in [0.25, 0.3) is 0 Å². The molecule has 1 N–H and O–H groups in total. The van der Waals surface area contributed by atoms with Gasteiger partial charge in [0.05, 0.1) is 17.8 Å². The fourth-order valence-corrected chi connectivity index (χ4v) is 2.01. The van der Waals surface area contributed by atoms with Gasteiger partial charge in [-0.25, -0.2) is 4.98 Å². The second-order valence-electron chi connectivity index (χ2n) is 6.37. The fraction of sp³-hybridized carbons (Fsp3) is 0.444. The number of nitrogens with one attached hydrogen (secondary N) is 1. The first-order valence-corrected chi connectivity index (χ1v) is 8.06. The van der Waals surface area contributed by atoms with Gasteiger partial charge in [-0.1, -0.05) is 0 Å². The number of hydrogen-bond acceptors (Lipinski definition) is 4. The standard InChI is InChI=1S/C18H25N3O3/c1-18(2,3)24-13-12-23-16-7-6-15(14-20-16)17(22)19-8-11-21-9-4-5-10-21/h4-7,9-10,14H,8,11-13H2,1-3H3,(H,19,22). The molecule has 6 heteroatoms. The lowest BCUT2D eigenvalue weighted by Crippen LogP contribution is -2.27. The summed E-state index contributed by atoms with van der Waals surface area (Å²) >= 11 is 0. The fourth-order valence-electron chi connectivity index (χ4n) is 2.01. The monoisotopic (exact) mass is 331 g/mol. The molecule has 0 spiro atoms. The Hall–Kier alpha value is -2.34. The molecule has 0 saturated heterocycles. The van der Waals surface area contributed by atoms with E-state index in [0.29, 0.717) is 31.2 Å². The van der Waals surface area contributed by atoms with Gasteiger partial charge in [0, 0.05) is 37.7 Å². The molecule has 0 fully saturated rings. The summed E-state index contributed by atoms with van der Waals surface area (Å²) in [5.41, 5.74) is 0.333. The van der Waals surface area contributed by atoms with E-state index in [9.17, 15) is 4.79 Å². The third-order valence-corrected chi connectivity index (χ3v) is 3.19. The first-order valence-electron chi connectivity index (χ1n) is 8.06. The first-order chi connectivity index (χ1) is 11.4. The van der Waals surface area contributed by atoms with Gasteiger partial charge in [0.25, 0.3) is 5.91 Å². The number of nitrogens with zero attached hydrogens (tertiary/aromatic N) is 2. The largest absolute Gasteiger partial charge is 0.475 e. The lowest BCUT2D eigenvalue weighted by Gasteiger charge is -2.19. The summed E-state index contributed by atoms with van der Waals surface area (Å²) < 4.78 is 13.1. The number of aromatic nitrogens is 2. The highest BCUT2D eigenvalue weighted by molar-refractivity contribution is 5.93. The predicted octanol–water partition coefficient (Wildman–Crippen LogP) is 2.51. The van der Waals surface area contributed by atoms with Gasteiger partial charge in [-0.2, -0.15) is 0 Å². The van der Waals surface area contributed by atoms with Gasteiger partial charge in [0.1, 0.15) is 6.61 Å². The van der Waals surface area contributed by atoms with Crippen molar-refractivity contribution in [1.82, 2.24) is 14.9 Å². The second kappa shape index (κ2) is 8.49. The molecule has 130 valence electrons. The minimum absolute atomic E-state index is 0.141. The topological polar surface area (TPSA) is 65.4 Å². The minimum Gasteiger partial charge on any atom is -0.475 e. The number of ether oxygens (including phenoxy) is 2. The molecular formula is C18H25N3O3. The van der Waals surface area contributed by atoms with E-state index >= 15 is 0 Å². The van der Waals surface area contributed by atoms with E-state index in [1.807, 2.05) is 49.9 Å². The number of hydrogen-bond donors (Lipinski definition) is 1. The lowest BCUT2D eigenvalue weighted by atomic mass is 10.2. The molecule has 0 aromatic carbocycles. The van der Waals surface area contributed by atoms with Crippen LogP contribution in [0.2, 0.25) is 0 Å². The second-order valence-corrected chi connectivity index (χ2v) is 6.37. The molecule has 0 saturated carbocycles. The summed E-state index contributed by atoms with van der Waals surface area (Å²) in [6, 6.07) is 7.31. The molecule has 2 aromatic rings. The molecule has 0 atom stereocenters. The number of carbonyl (C=O) groups is 1. The average Bonchev–Trinajstić information content (AvgIpc) is 3.04. The SMILES string of the molecule is CC(C)(C)OCCOc1ccc(C(=O)NCCn2cccc2)cn1. The van der Waals surface area contributed by atoms with E-state index < -0.39 is 0 Å². The Morgan fingerprint density at radius 1 is 1.21 bits per heavy atom. The summed E-state index contributed by atoms with van der Waals surface area (Å²) in [5, 5.41) is 2.87. The van der Waals surface area contributed by atoms with Crippen LogP contribution in [0.1, 0.15) is 31.1 Å². The van der Waals surface area contributed by atoms with Crippen LogP contribution < -0.4 is 10.1 Å². The van der Waals surface area contributed by atoms with Gasteiger partial charge in [0.15, 0.2) is 0 Å². The summed E-state index contributed by atoms with van der Waals surface area (Å²) in [4.78, 5) is 16.2. The van der Waals surface area contributed by atoms with Gasteiger partial charge < -0.3 is 19.4 Å². The quantitative estimate of drug-likeness (QED) is 0.755. The highest BCUT2D eigenvalue weighted by atomic mass is 16.5. The van der Waals surface area contributed by atoms with Gasteiger partial charge in [-0.15, -0.1) is 0 Å². The van der Waals surface area contributed by atoms with Crippen LogP contribution in [0, 0.1) is 0 Å². The number of amides is 1. The van der Waals surface area contributed by atoms with Gasteiger partial charge >= 0.3 is 0 Å². The van der Waals surface area contributed by atoms with Crippen molar-refractivity contribution in [3.05, 3.63) is 48.4 Å². The Kier molecular flexibility index (Phi) is 6.37. The first kappa shape index (κ1) is 18.0. The third-order valence-electron chi connectivity index (χ3n) is 3.19. The number of rotatable bonds is 8. The van der Waals surface area contributed by atoms with Crippen LogP contribution in [0.4, 0.5) is 0 Å². The molecule has 0 radical (unpaired) electrons. The molecule has 0 bridgehead atoms. The van der Waals surface area contributed by atoms with E-state index in [-0.39, 0.29) is 11.5 Å². The maximum absolute atomic E-state index is 12.0. The Morgan fingerprint density at radius 2 is 1.96 bits per heavy atom.